The summed E-state index contributed by atoms with van der Waals surface area (Å²) in [5.41, 5.74) is 5.80. The van der Waals surface area contributed by atoms with Gasteiger partial charge in [0, 0.05) is 29.3 Å². The van der Waals surface area contributed by atoms with Crippen molar-refractivity contribution in [2.75, 3.05) is 17.6 Å². The van der Waals surface area contributed by atoms with E-state index in [2.05, 4.69) is 26.0 Å². The van der Waals surface area contributed by atoms with Crippen LogP contribution in [0.1, 0.15) is 11.4 Å². The molecule has 0 bridgehead atoms. The number of H-pyrrole nitrogens is 2. The molecule has 2 heterocycles. The van der Waals surface area contributed by atoms with Crippen molar-refractivity contribution in [3.05, 3.63) is 40.0 Å². The minimum atomic E-state index is -0.454. The Kier molecular flexibility index (Phi) is 9.58. The van der Waals surface area contributed by atoms with Gasteiger partial charge < -0.3 is 29.8 Å². The lowest BCUT2D eigenvalue weighted by Crippen LogP contribution is -3.00. The van der Waals surface area contributed by atoms with Gasteiger partial charge in [-0.3, -0.25) is 21.2 Å². The van der Waals surface area contributed by atoms with Crippen molar-refractivity contribution in [1.82, 2.24) is 9.97 Å². The number of thioether (sulfide) groups is 1. The van der Waals surface area contributed by atoms with Crippen molar-refractivity contribution < 1.29 is 40.5 Å². The summed E-state index contributed by atoms with van der Waals surface area (Å²) in [5.74, 6) is 2.79. The quantitative estimate of drug-likeness (QED) is 0.251. The second-order valence-electron chi connectivity index (χ2n) is 4.45. The predicted octanol–water partition coefficient (Wildman–Crippen LogP) is -5.33. The van der Waals surface area contributed by atoms with Gasteiger partial charge in [0.2, 0.25) is 0 Å². The zero-order valence-corrected chi connectivity index (χ0v) is 14.8. The summed E-state index contributed by atoms with van der Waals surface area (Å²) in [5, 5.41) is 13.9. The Bertz CT molecular complexity index is 640. The van der Waals surface area contributed by atoms with Crippen LogP contribution < -0.4 is 40.8 Å². The number of aromatic nitrogens is 3. The number of aryl methyl sites for hydroxylation is 1. The standard InChI is InChI=1S/C12H16N6O2S.2ClH/c1-8-9(16-7-15-8)6-21-5-4-14-11-3-2-10(18(19)20)12(13)17-11;;/h2-3,7H,4-6H2,1H3,(H,15,16)(H3,13,14,17);2*1H. The van der Waals surface area contributed by atoms with Crippen LogP contribution in [0, 0.1) is 17.0 Å². The highest BCUT2D eigenvalue weighted by atomic mass is 35.5. The topological polar surface area (TPSA) is 126 Å². The van der Waals surface area contributed by atoms with E-state index in [4.69, 9.17) is 0 Å². The molecule has 128 valence electrons. The van der Waals surface area contributed by atoms with Crippen molar-refractivity contribution >= 4 is 29.1 Å². The van der Waals surface area contributed by atoms with Crippen LogP contribution in [0.5, 0.6) is 0 Å². The molecule has 6 N–H and O–H groups in total. The van der Waals surface area contributed by atoms with E-state index in [1.165, 1.54) is 6.07 Å². The Hall–Kier alpha value is -1.55. The predicted molar refractivity (Wildman–Crippen MR) is 80.2 cm³/mol. The molecule has 0 aromatic carbocycles. The summed E-state index contributed by atoms with van der Waals surface area (Å²) in [6.07, 6.45) is 1.70. The SMILES string of the molecule is Cc1[nH]cnc1CSCCNc1ccc([N+](=O)[O-])c([NH3+])[nH+]1.[Cl-].[Cl-]. The number of imidazole rings is 1. The second-order valence-corrected chi connectivity index (χ2v) is 5.55. The van der Waals surface area contributed by atoms with Gasteiger partial charge in [-0.25, -0.2) is 4.98 Å². The number of aromatic amines is 2. The fourth-order valence-corrected chi connectivity index (χ4v) is 2.64. The Morgan fingerprint density at radius 1 is 1.48 bits per heavy atom. The smallest absolute Gasteiger partial charge is 0.372 e. The number of halogens is 2. The number of hydrogen-bond acceptors (Lipinski definition) is 5. The Balaban J connectivity index is 0.00000242. The number of quaternary nitrogens is 1. The van der Waals surface area contributed by atoms with Crippen LogP contribution in [0.2, 0.25) is 0 Å². The van der Waals surface area contributed by atoms with E-state index in [1.54, 1.807) is 24.2 Å². The lowest BCUT2D eigenvalue weighted by Gasteiger charge is -2.00. The number of nitro groups is 1. The molecule has 2 aromatic rings. The van der Waals surface area contributed by atoms with Crippen LogP contribution in [-0.2, 0) is 5.75 Å². The summed E-state index contributed by atoms with van der Waals surface area (Å²) < 4.78 is 0. The van der Waals surface area contributed by atoms with Gasteiger partial charge in [0.25, 0.3) is 5.82 Å². The molecule has 0 aliphatic carbocycles. The molecule has 0 spiro atoms. The average molecular weight is 381 g/mol. The fourth-order valence-electron chi connectivity index (χ4n) is 1.76. The third kappa shape index (κ3) is 6.22. The number of hydrogen-bond donors (Lipinski definition) is 3. The van der Waals surface area contributed by atoms with Crippen LogP contribution in [0.15, 0.2) is 18.5 Å². The van der Waals surface area contributed by atoms with E-state index in [9.17, 15) is 10.1 Å². The lowest BCUT2D eigenvalue weighted by molar-refractivity contribution is -0.487. The van der Waals surface area contributed by atoms with Gasteiger partial charge in [-0.1, -0.05) is 0 Å². The fraction of sp³-hybridized carbons (Fsp3) is 0.333. The third-order valence-electron chi connectivity index (χ3n) is 2.93. The summed E-state index contributed by atoms with van der Waals surface area (Å²) in [7, 11) is 0. The molecule has 0 saturated heterocycles. The van der Waals surface area contributed by atoms with E-state index in [1.807, 2.05) is 6.92 Å². The van der Waals surface area contributed by atoms with Crippen molar-refractivity contribution in [2.45, 2.75) is 12.7 Å². The first-order valence-corrected chi connectivity index (χ1v) is 7.56. The Morgan fingerprint density at radius 2 is 2.22 bits per heavy atom. The number of nitrogens with zero attached hydrogens (tertiary/aromatic N) is 2. The zero-order valence-electron chi connectivity index (χ0n) is 12.4. The van der Waals surface area contributed by atoms with Crippen LogP contribution in [0.4, 0.5) is 17.3 Å². The van der Waals surface area contributed by atoms with E-state index in [0.29, 0.717) is 5.82 Å². The van der Waals surface area contributed by atoms with E-state index in [0.717, 1.165) is 35.3 Å². The molecule has 0 fully saturated rings. The first-order valence-electron chi connectivity index (χ1n) is 6.41. The molecule has 2 aromatic heterocycles. The van der Waals surface area contributed by atoms with Crippen LogP contribution in [-0.4, -0.2) is 27.2 Å². The molecule has 0 aliphatic rings. The third-order valence-corrected chi connectivity index (χ3v) is 3.90. The van der Waals surface area contributed by atoms with Gasteiger partial charge >= 0.3 is 11.5 Å². The van der Waals surface area contributed by atoms with Crippen LogP contribution >= 0.6 is 11.8 Å². The molecule has 8 nitrogen and oxygen atoms in total. The van der Waals surface area contributed by atoms with E-state index >= 15 is 0 Å². The first kappa shape index (κ1) is 21.4. The summed E-state index contributed by atoms with van der Waals surface area (Å²) in [6.45, 7) is 2.75. The summed E-state index contributed by atoms with van der Waals surface area (Å²) >= 11 is 1.77. The van der Waals surface area contributed by atoms with Crippen molar-refractivity contribution in [3.8, 4) is 0 Å². The molecular weight excluding hydrogens is 363 g/mol. The number of nitrogens with one attached hydrogen (secondary N) is 3. The van der Waals surface area contributed by atoms with Crippen molar-refractivity contribution in [2.24, 2.45) is 0 Å². The zero-order chi connectivity index (χ0) is 15.2. The van der Waals surface area contributed by atoms with Gasteiger partial charge in [-0.05, 0) is 6.92 Å². The van der Waals surface area contributed by atoms with Crippen LogP contribution in [0.25, 0.3) is 0 Å². The Labute approximate surface area is 150 Å². The number of pyridine rings is 1. The normalized spacial score (nSPS) is 9.65. The molecule has 0 saturated carbocycles. The van der Waals surface area contributed by atoms with E-state index in [-0.39, 0.29) is 30.5 Å². The Morgan fingerprint density at radius 3 is 2.78 bits per heavy atom. The highest BCUT2D eigenvalue weighted by Gasteiger charge is 2.19. The van der Waals surface area contributed by atoms with Gasteiger partial charge in [0.1, 0.15) is 0 Å². The maximum Gasteiger partial charge on any atom is 0.372 e. The largest absolute Gasteiger partial charge is 1.00 e. The van der Waals surface area contributed by atoms with Gasteiger partial charge in [0.05, 0.1) is 23.5 Å². The van der Waals surface area contributed by atoms with Crippen LogP contribution in [0.3, 0.4) is 0 Å². The molecule has 0 unspecified atom stereocenters. The van der Waals surface area contributed by atoms with Gasteiger partial charge in [-0.15, -0.1) is 0 Å². The van der Waals surface area contributed by atoms with E-state index < -0.39 is 4.92 Å². The number of anilines is 1. The minimum absolute atomic E-state index is 0. The molecular formula is C12H18Cl2N6O2S. The summed E-state index contributed by atoms with van der Waals surface area (Å²) in [4.78, 5) is 20.4. The first-order chi connectivity index (χ1) is 10.1. The molecule has 0 atom stereocenters. The minimum Gasteiger partial charge on any atom is -1.00 e. The maximum absolute atomic E-state index is 10.7. The monoisotopic (exact) mass is 380 g/mol. The lowest BCUT2D eigenvalue weighted by atomic mass is 10.4. The molecule has 0 radical (unpaired) electrons. The molecule has 11 heteroatoms. The van der Waals surface area contributed by atoms with Gasteiger partial charge in [0.15, 0.2) is 0 Å². The van der Waals surface area contributed by atoms with Crippen molar-refractivity contribution in [1.29, 1.82) is 0 Å². The second kappa shape index (κ2) is 10.3. The maximum atomic E-state index is 10.7. The summed E-state index contributed by atoms with van der Waals surface area (Å²) in [6, 6.07) is 3.09. The van der Waals surface area contributed by atoms with Gasteiger partial charge in [-0.2, -0.15) is 16.7 Å². The molecule has 0 aliphatic heterocycles. The molecule has 2 rings (SSSR count). The highest BCUT2D eigenvalue weighted by Crippen LogP contribution is 2.16. The number of rotatable bonds is 7. The average Bonchev–Trinajstić information content (AvgIpc) is 2.83. The molecule has 23 heavy (non-hydrogen) atoms. The van der Waals surface area contributed by atoms with Crippen molar-refractivity contribution in [3.63, 3.8) is 0 Å². The highest BCUT2D eigenvalue weighted by molar-refractivity contribution is 7.98. The molecule has 0 amide bonds.